The number of amides is 1. The molecule has 1 aliphatic rings. The normalized spacial score (nSPS) is 22.1. The molecule has 0 spiro atoms. The molecule has 5 nitrogen and oxygen atoms in total. The van der Waals surface area contributed by atoms with Crippen LogP contribution in [-0.4, -0.2) is 32.2 Å². The van der Waals surface area contributed by atoms with Crippen LogP contribution in [0.2, 0.25) is 0 Å². The molecular formula is C15H22N2O3. The van der Waals surface area contributed by atoms with Crippen LogP contribution in [-0.2, 0) is 0 Å². The van der Waals surface area contributed by atoms with E-state index in [0.717, 1.165) is 25.7 Å². The second-order valence-electron chi connectivity index (χ2n) is 5.07. The zero-order chi connectivity index (χ0) is 14.5. The number of benzene rings is 1. The van der Waals surface area contributed by atoms with Crippen molar-refractivity contribution in [2.45, 2.75) is 37.8 Å². The number of carbonyl (C=O) groups is 1. The molecule has 110 valence electrons. The lowest BCUT2D eigenvalue weighted by molar-refractivity contribution is 0.0917. The van der Waals surface area contributed by atoms with Crippen LogP contribution >= 0.6 is 0 Å². The Labute approximate surface area is 119 Å². The van der Waals surface area contributed by atoms with Crippen molar-refractivity contribution in [2.75, 3.05) is 14.2 Å². The highest BCUT2D eigenvalue weighted by molar-refractivity contribution is 5.98. The zero-order valence-electron chi connectivity index (χ0n) is 12.0. The van der Waals surface area contributed by atoms with Crippen molar-refractivity contribution in [3.05, 3.63) is 23.8 Å². The summed E-state index contributed by atoms with van der Waals surface area (Å²) in [4.78, 5) is 12.4. The molecule has 1 fully saturated rings. The summed E-state index contributed by atoms with van der Waals surface area (Å²) in [7, 11) is 3.08. The minimum atomic E-state index is -0.164. The molecule has 0 radical (unpaired) electrons. The van der Waals surface area contributed by atoms with Crippen molar-refractivity contribution in [3.63, 3.8) is 0 Å². The smallest absolute Gasteiger partial charge is 0.255 e. The Bertz CT molecular complexity index is 476. The van der Waals surface area contributed by atoms with Crippen LogP contribution in [0.1, 0.15) is 36.0 Å². The summed E-state index contributed by atoms with van der Waals surface area (Å²) in [6.07, 6.45) is 4.13. The maximum atomic E-state index is 12.4. The van der Waals surface area contributed by atoms with Gasteiger partial charge in [-0.2, -0.15) is 0 Å². The predicted octanol–water partition coefficient (Wildman–Crippen LogP) is 1.70. The Kier molecular flexibility index (Phi) is 4.84. The molecule has 2 rings (SSSR count). The van der Waals surface area contributed by atoms with Gasteiger partial charge in [-0.25, -0.2) is 0 Å². The van der Waals surface area contributed by atoms with Crippen LogP contribution in [0.5, 0.6) is 11.5 Å². The maximum absolute atomic E-state index is 12.4. The molecule has 0 aliphatic heterocycles. The average molecular weight is 278 g/mol. The van der Waals surface area contributed by atoms with Gasteiger partial charge in [0.1, 0.15) is 0 Å². The largest absolute Gasteiger partial charge is 0.493 e. The number of carbonyl (C=O) groups excluding carboxylic acids is 1. The van der Waals surface area contributed by atoms with Crippen molar-refractivity contribution in [1.29, 1.82) is 0 Å². The summed E-state index contributed by atoms with van der Waals surface area (Å²) in [5.41, 5.74) is 6.54. The predicted molar refractivity (Wildman–Crippen MR) is 77.2 cm³/mol. The quantitative estimate of drug-likeness (QED) is 0.879. The second kappa shape index (κ2) is 6.61. The van der Waals surface area contributed by atoms with Gasteiger partial charge in [-0.15, -0.1) is 0 Å². The van der Waals surface area contributed by atoms with Gasteiger partial charge in [-0.05, 0) is 25.0 Å². The van der Waals surface area contributed by atoms with E-state index in [1.165, 1.54) is 7.11 Å². The van der Waals surface area contributed by atoms with Crippen molar-refractivity contribution >= 4 is 5.91 Å². The van der Waals surface area contributed by atoms with Crippen molar-refractivity contribution in [1.82, 2.24) is 5.32 Å². The monoisotopic (exact) mass is 278 g/mol. The van der Waals surface area contributed by atoms with Gasteiger partial charge in [-0.1, -0.05) is 18.9 Å². The Morgan fingerprint density at radius 3 is 2.65 bits per heavy atom. The van der Waals surface area contributed by atoms with Crippen molar-refractivity contribution < 1.29 is 14.3 Å². The van der Waals surface area contributed by atoms with Gasteiger partial charge in [0.15, 0.2) is 11.5 Å². The Morgan fingerprint density at radius 1 is 1.25 bits per heavy atom. The summed E-state index contributed by atoms with van der Waals surface area (Å²) >= 11 is 0. The highest BCUT2D eigenvalue weighted by Crippen LogP contribution is 2.30. The van der Waals surface area contributed by atoms with E-state index in [2.05, 4.69) is 5.32 Å². The van der Waals surface area contributed by atoms with E-state index >= 15 is 0 Å². The van der Waals surface area contributed by atoms with Gasteiger partial charge in [0.2, 0.25) is 0 Å². The van der Waals surface area contributed by atoms with E-state index in [4.69, 9.17) is 15.2 Å². The summed E-state index contributed by atoms with van der Waals surface area (Å²) < 4.78 is 10.5. The first kappa shape index (κ1) is 14.7. The molecule has 1 aromatic carbocycles. The number of hydrogen-bond acceptors (Lipinski definition) is 4. The molecule has 1 saturated carbocycles. The molecule has 5 heteroatoms. The molecule has 20 heavy (non-hydrogen) atoms. The van der Waals surface area contributed by atoms with E-state index in [-0.39, 0.29) is 18.0 Å². The molecular weight excluding hydrogens is 256 g/mol. The zero-order valence-corrected chi connectivity index (χ0v) is 12.0. The van der Waals surface area contributed by atoms with Crippen LogP contribution < -0.4 is 20.5 Å². The van der Waals surface area contributed by atoms with Crippen LogP contribution in [0, 0.1) is 0 Å². The molecule has 2 unspecified atom stereocenters. The molecule has 0 bridgehead atoms. The van der Waals surface area contributed by atoms with Crippen LogP contribution in [0.15, 0.2) is 18.2 Å². The molecule has 1 aliphatic carbocycles. The Balaban J connectivity index is 2.16. The summed E-state index contributed by atoms with van der Waals surface area (Å²) in [6, 6.07) is 5.33. The van der Waals surface area contributed by atoms with Crippen LogP contribution in [0.3, 0.4) is 0 Å². The molecule has 1 aromatic rings. The lowest BCUT2D eigenvalue weighted by Crippen LogP contribution is -2.49. The molecule has 1 amide bonds. The fourth-order valence-electron chi connectivity index (χ4n) is 2.65. The number of hydrogen-bond donors (Lipinski definition) is 2. The lowest BCUT2D eigenvalue weighted by Gasteiger charge is -2.29. The molecule has 2 atom stereocenters. The first-order chi connectivity index (χ1) is 9.67. The minimum absolute atomic E-state index is 0.0318. The first-order valence-electron chi connectivity index (χ1n) is 6.94. The van der Waals surface area contributed by atoms with Crippen molar-refractivity contribution in [2.24, 2.45) is 5.73 Å². The van der Waals surface area contributed by atoms with E-state index in [9.17, 15) is 4.79 Å². The van der Waals surface area contributed by atoms with E-state index in [0.29, 0.717) is 17.1 Å². The fraction of sp³-hybridized carbons (Fsp3) is 0.533. The third-order valence-corrected chi connectivity index (χ3v) is 3.78. The standard InChI is InChI=1S/C15H22N2O3/c1-19-13-9-5-6-10(14(13)20-2)15(18)17-12-8-4-3-7-11(12)16/h5-6,9,11-12H,3-4,7-8,16H2,1-2H3,(H,17,18). The number of para-hydroxylation sites is 1. The topological polar surface area (TPSA) is 73.6 Å². The molecule has 3 N–H and O–H groups in total. The lowest BCUT2D eigenvalue weighted by atomic mass is 9.91. The average Bonchev–Trinajstić information content (AvgIpc) is 2.48. The third-order valence-electron chi connectivity index (χ3n) is 3.78. The van der Waals surface area contributed by atoms with Gasteiger partial charge in [0.25, 0.3) is 5.91 Å². The molecule has 0 aromatic heterocycles. The number of rotatable bonds is 4. The number of nitrogens with two attached hydrogens (primary N) is 1. The maximum Gasteiger partial charge on any atom is 0.255 e. The summed E-state index contributed by atoms with van der Waals surface area (Å²) in [6.45, 7) is 0. The van der Waals surface area contributed by atoms with Gasteiger partial charge in [0.05, 0.1) is 19.8 Å². The van der Waals surface area contributed by atoms with E-state index in [1.54, 1.807) is 25.3 Å². The van der Waals surface area contributed by atoms with E-state index < -0.39 is 0 Å². The summed E-state index contributed by atoms with van der Waals surface area (Å²) in [5.74, 6) is 0.841. The van der Waals surface area contributed by atoms with E-state index in [1.807, 2.05) is 0 Å². The third kappa shape index (κ3) is 3.04. The first-order valence-corrected chi connectivity index (χ1v) is 6.94. The minimum Gasteiger partial charge on any atom is -0.493 e. The highest BCUT2D eigenvalue weighted by atomic mass is 16.5. The van der Waals surface area contributed by atoms with Crippen LogP contribution in [0.25, 0.3) is 0 Å². The van der Waals surface area contributed by atoms with Crippen LogP contribution in [0.4, 0.5) is 0 Å². The highest BCUT2D eigenvalue weighted by Gasteiger charge is 2.25. The van der Waals surface area contributed by atoms with Gasteiger partial charge in [-0.3, -0.25) is 4.79 Å². The van der Waals surface area contributed by atoms with Gasteiger partial charge < -0.3 is 20.5 Å². The fourth-order valence-corrected chi connectivity index (χ4v) is 2.65. The second-order valence-corrected chi connectivity index (χ2v) is 5.07. The molecule has 0 saturated heterocycles. The number of nitrogens with one attached hydrogen (secondary N) is 1. The van der Waals surface area contributed by atoms with Crippen molar-refractivity contribution in [3.8, 4) is 11.5 Å². The van der Waals surface area contributed by atoms with Gasteiger partial charge in [0, 0.05) is 12.1 Å². The van der Waals surface area contributed by atoms with Gasteiger partial charge >= 0.3 is 0 Å². The number of methoxy groups -OCH3 is 2. The summed E-state index contributed by atoms with van der Waals surface area (Å²) in [5, 5.41) is 3.01. The number of ether oxygens (including phenoxy) is 2. The Morgan fingerprint density at radius 2 is 2.00 bits per heavy atom. The SMILES string of the molecule is COc1cccc(C(=O)NC2CCCCC2N)c1OC. The molecule has 0 heterocycles. The Hall–Kier alpha value is -1.75.